The van der Waals surface area contributed by atoms with Crippen molar-refractivity contribution in [2.24, 2.45) is 0 Å². The van der Waals surface area contributed by atoms with Crippen molar-refractivity contribution in [3.63, 3.8) is 0 Å². The number of hydrogen-bond donors (Lipinski definition) is 0. The molecule has 0 aromatic heterocycles. The van der Waals surface area contributed by atoms with E-state index < -0.39 is 0 Å². The number of rotatable bonds is 4. The van der Waals surface area contributed by atoms with Crippen molar-refractivity contribution in [3.8, 4) is 0 Å². The molecular formula is C12H26N2O2. The molecule has 16 heavy (non-hydrogen) atoms. The predicted molar refractivity (Wildman–Crippen MR) is 65.8 cm³/mol. The minimum absolute atomic E-state index is 0.519. The maximum atomic E-state index is 5.09. The number of epoxide rings is 2. The Balaban J connectivity index is 0.000000160. The third-order valence-corrected chi connectivity index (χ3v) is 3.42. The van der Waals surface area contributed by atoms with Gasteiger partial charge in [-0.15, -0.1) is 0 Å². The van der Waals surface area contributed by atoms with Crippen LogP contribution in [-0.2, 0) is 9.47 Å². The van der Waals surface area contributed by atoms with Crippen molar-refractivity contribution in [3.05, 3.63) is 0 Å². The maximum Gasteiger partial charge on any atom is 0.0961 e. The van der Waals surface area contributed by atoms with Crippen LogP contribution in [0.15, 0.2) is 0 Å². The second-order valence-corrected chi connectivity index (χ2v) is 5.15. The molecule has 0 spiro atoms. The van der Waals surface area contributed by atoms with Crippen LogP contribution in [0.2, 0.25) is 0 Å². The van der Waals surface area contributed by atoms with Gasteiger partial charge in [-0.25, -0.2) is 0 Å². The van der Waals surface area contributed by atoms with E-state index in [1.807, 2.05) is 0 Å². The van der Waals surface area contributed by atoms with Crippen LogP contribution in [0, 0.1) is 0 Å². The van der Waals surface area contributed by atoms with E-state index in [1.54, 1.807) is 0 Å². The highest BCUT2D eigenvalue weighted by atomic mass is 16.6. The topological polar surface area (TPSA) is 31.5 Å². The summed E-state index contributed by atoms with van der Waals surface area (Å²) in [5.74, 6) is 0. The van der Waals surface area contributed by atoms with Gasteiger partial charge in [0.2, 0.25) is 0 Å². The third-order valence-electron chi connectivity index (χ3n) is 3.42. The van der Waals surface area contributed by atoms with Gasteiger partial charge in [0.1, 0.15) is 0 Å². The first-order valence-electron chi connectivity index (χ1n) is 5.99. The zero-order chi connectivity index (χ0) is 12.3. The molecule has 2 aliphatic heterocycles. The first-order chi connectivity index (χ1) is 7.43. The molecule has 0 N–H and O–H groups in total. The zero-order valence-corrected chi connectivity index (χ0v) is 11.4. The quantitative estimate of drug-likeness (QED) is 0.664. The van der Waals surface area contributed by atoms with Gasteiger partial charge in [0, 0.05) is 12.1 Å². The number of ether oxygens (including phenoxy) is 2. The monoisotopic (exact) mass is 230 g/mol. The van der Waals surface area contributed by atoms with Crippen LogP contribution in [0.5, 0.6) is 0 Å². The molecule has 0 aliphatic carbocycles. The van der Waals surface area contributed by atoms with E-state index in [2.05, 4.69) is 51.8 Å². The molecule has 2 heterocycles. The molecule has 0 aromatic carbocycles. The van der Waals surface area contributed by atoms with Gasteiger partial charge in [0.05, 0.1) is 25.4 Å². The highest BCUT2D eigenvalue weighted by Gasteiger charge is 2.30. The fraction of sp³-hybridized carbons (Fsp3) is 1.00. The minimum Gasteiger partial charge on any atom is -0.371 e. The van der Waals surface area contributed by atoms with Crippen LogP contribution in [0.25, 0.3) is 0 Å². The Bertz CT molecular complexity index is 175. The van der Waals surface area contributed by atoms with Gasteiger partial charge in [-0.1, -0.05) is 0 Å². The smallest absolute Gasteiger partial charge is 0.0961 e. The van der Waals surface area contributed by atoms with Crippen LogP contribution < -0.4 is 0 Å². The third kappa shape index (κ3) is 4.78. The molecule has 96 valence electrons. The summed E-state index contributed by atoms with van der Waals surface area (Å²) in [4.78, 5) is 4.36. The first kappa shape index (κ1) is 13.9. The molecule has 0 radical (unpaired) electrons. The standard InChI is InChI=1S/2C6H13NO/c2*1-5(7(2)3)6-4-8-6/h2*5-6H,4H2,1-3H3/t5-,6+;5-,6-/m00/s1. The Morgan fingerprint density at radius 1 is 0.812 bits per heavy atom. The Hall–Kier alpha value is -0.160. The van der Waals surface area contributed by atoms with Crippen LogP contribution in [-0.4, -0.2) is 75.5 Å². The van der Waals surface area contributed by atoms with Gasteiger partial charge in [-0.05, 0) is 42.0 Å². The normalized spacial score (nSPS) is 30.8. The summed E-state index contributed by atoms with van der Waals surface area (Å²) in [6.07, 6.45) is 1.04. The van der Waals surface area contributed by atoms with E-state index in [-0.39, 0.29) is 0 Å². The molecule has 2 aliphatic rings. The van der Waals surface area contributed by atoms with Gasteiger partial charge in [-0.2, -0.15) is 0 Å². The number of likely N-dealkylation sites (N-methyl/N-ethyl adjacent to an activating group) is 2. The molecule has 4 atom stereocenters. The highest BCUT2D eigenvalue weighted by molar-refractivity contribution is 4.81. The van der Waals surface area contributed by atoms with Gasteiger partial charge in [-0.3, -0.25) is 0 Å². The largest absolute Gasteiger partial charge is 0.371 e. The molecular weight excluding hydrogens is 204 g/mol. The van der Waals surface area contributed by atoms with E-state index in [4.69, 9.17) is 9.47 Å². The van der Waals surface area contributed by atoms with Crippen LogP contribution in [0.3, 0.4) is 0 Å². The second-order valence-electron chi connectivity index (χ2n) is 5.15. The molecule has 4 heteroatoms. The highest BCUT2D eigenvalue weighted by Crippen LogP contribution is 2.16. The second kappa shape index (κ2) is 5.96. The fourth-order valence-corrected chi connectivity index (χ4v) is 1.33. The summed E-state index contributed by atoms with van der Waals surface area (Å²) in [6, 6.07) is 1.19. The Morgan fingerprint density at radius 3 is 1.12 bits per heavy atom. The average molecular weight is 230 g/mol. The summed E-state index contributed by atoms with van der Waals surface area (Å²) in [5, 5.41) is 0. The van der Waals surface area contributed by atoms with Crippen molar-refractivity contribution in [2.45, 2.75) is 38.1 Å². The SMILES string of the molecule is C[C@@H]([C@@H]1CO1)N(C)C.C[C@@H]([C@H]1CO1)N(C)C. The van der Waals surface area contributed by atoms with Crippen molar-refractivity contribution >= 4 is 0 Å². The molecule has 0 bridgehead atoms. The molecule has 2 rings (SSSR count). The number of hydrogen-bond acceptors (Lipinski definition) is 4. The van der Waals surface area contributed by atoms with Crippen molar-refractivity contribution in [2.75, 3.05) is 41.4 Å². The summed E-state index contributed by atoms with van der Waals surface area (Å²) < 4.78 is 10.2. The van der Waals surface area contributed by atoms with Gasteiger partial charge in [0.25, 0.3) is 0 Å². The lowest BCUT2D eigenvalue weighted by Crippen LogP contribution is -2.29. The van der Waals surface area contributed by atoms with Gasteiger partial charge >= 0.3 is 0 Å². The summed E-state index contributed by atoms with van der Waals surface area (Å²) in [6.45, 7) is 6.27. The molecule has 0 aromatic rings. The van der Waals surface area contributed by atoms with Gasteiger partial charge in [0.15, 0.2) is 0 Å². The zero-order valence-electron chi connectivity index (χ0n) is 11.4. The Kier molecular flexibility index (Phi) is 5.18. The van der Waals surface area contributed by atoms with E-state index in [9.17, 15) is 0 Å². The lowest BCUT2D eigenvalue weighted by Gasteiger charge is -2.16. The van der Waals surface area contributed by atoms with Gasteiger partial charge < -0.3 is 19.3 Å². The molecule has 2 saturated heterocycles. The lowest BCUT2D eigenvalue weighted by atomic mass is 10.2. The van der Waals surface area contributed by atoms with Crippen LogP contribution in [0.4, 0.5) is 0 Å². The van der Waals surface area contributed by atoms with Crippen molar-refractivity contribution < 1.29 is 9.47 Å². The summed E-state index contributed by atoms with van der Waals surface area (Å²) in [5.41, 5.74) is 0. The molecule has 4 nitrogen and oxygen atoms in total. The maximum absolute atomic E-state index is 5.09. The molecule has 0 unspecified atom stereocenters. The number of nitrogens with zero attached hydrogens (tertiary/aromatic N) is 2. The van der Waals surface area contributed by atoms with E-state index >= 15 is 0 Å². The molecule has 2 fully saturated rings. The molecule has 0 amide bonds. The van der Waals surface area contributed by atoms with E-state index in [0.717, 1.165) is 13.2 Å². The summed E-state index contributed by atoms with van der Waals surface area (Å²) in [7, 11) is 8.30. The van der Waals surface area contributed by atoms with E-state index in [1.165, 1.54) is 0 Å². The fourth-order valence-electron chi connectivity index (χ4n) is 1.33. The Labute approximate surface area is 99.5 Å². The predicted octanol–water partition coefficient (Wildman–Crippen LogP) is 0.671. The van der Waals surface area contributed by atoms with E-state index in [0.29, 0.717) is 24.3 Å². The average Bonchev–Trinajstić information content (AvgIpc) is 3.03. The first-order valence-corrected chi connectivity index (χ1v) is 5.99. The van der Waals surface area contributed by atoms with Crippen LogP contribution in [0.1, 0.15) is 13.8 Å². The van der Waals surface area contributed by atoms with Crippen molar-refractivity contribution in [1.29, 1.82) is 0 Å². The van der Waals surface area contributed by atoms with Crippen molar-refractivity contribution in [1.82, 2.24) is 9.80 Å². The Morgan fingerprint density at radius 2 is 1.06 bits per heavy atom. The lowest BCUT2D eigenvalue weighted by molar-refractivity contribution is 0.246. The minimum atomic E-state index is 0.519. The molecule has 0 saturated carbocycles. The van der Waals surface area contributed by atoms with Crippen LogP contribution >= 0.6 is 0 Å². The summed E-state index contributed by atoms with van der Waals surface area (Å²) >= 11 is 0.